The molecule has 0 aliphatic carbocycles. The smallest absolute Gasteiger partial charge is 0.329 e. The fourth-order valence-corrected chi connectivity index (χ4v) is 3.34. The van der Waals surface area contributed by atoms with Crippen LogP contribution in [-0.2, 0) is 11.8 Å². The number of morpholine rings is 1. The zero-order chi connectivity index (χ0) is 18.8. The number of nitrogens with zero attached hydrogens (tertiary/aromatic N) is 6. The number of piperazine rings is 1. The number of anilines is 3. The maximum atomic E-state index is 11.8. The van der Waals surface area contributed by atoms with E-state index in [2.05, 4.69) is 25.0 Å². The minimum Gasteiger partial charge on any atom is -0.378 e. The molecule has 0 aromatic carbocycles. The lowest BCUT2D eigenvalue weighted by Gasteiger charge is -2.36. The Morgan fingerprint density at radius 2 is 1.44 bits per heavy atom. The van der Waals surface area contributed by atoms with Gasteiger partial charge < -0.3 is 19.4 Å². The molecule has 4 heterocycles. The standard InChI is InChI=1S/C17H23N7O3/c1-21-16(25)12-15(18-17(21)26)23-6-4-22(5-7-23)13-2-3-14(20-19-13)24-8-10-27-11-9-24/h2-3,12H,4-11H2,1H3,(H,18,26). The number of nitrogens with one attached hydrogen (secondary N) is 1. The summed E-state index contributed by atoms with van der Waals surface area (Å²) in [5, 5.41) is 8.74. The molecule has 0 bridgehead atoms. The Morgan fingerprint density at radius 1 is 0.889 bits per heavy atom. The van der Waals surface area contributed by atoms with Gasteiger partial charge in [0.05, 0.1) is 13.2 Å². The molecule has 0 atom stereocenters. The van der Waals surface area contributed by atoms with Gasteiger partial charge in [-0.05, 0) is 12.1 Å². The summed E-state index contributed by atoms with van der Waals surface area (Å²) in [6, 6.07) is 5.46. The molecule has 0 radical (unpaired) electrons. The van der Waals surface area contributed by atoms with E-state index in [1.165, 1.54) is 13.1 Å². The van der Waals surface area contributed by atoms with Gasteiger partial charge in [0.1, 0.15) is 5.82 Å². The third kappa shape index (κ3) is 3.65. The third-order valence-electron chi connectivity index (χ3n) is 5.05. The Kier molecular flexibility index (Phi) is 4.80. The van der Waals surface area contributed by atoms with E-state index in [1.807, 2.05) is 17.0 Å². The Bertz CT molecular complexity index is 863. The number of H-pyrrole nitrogens is 1. The molecule has 2 aliphatic rings. The van der Waals surface area contributed by atoms with Gasteiger partial charge >= 0.3 is 5.69 Å². The van der Waals surface area contributed by atoms with Crippen LogP contribution in [0.15, 0.2) is 27.8 Å². The molecular weight excluding hydrogens is 350 g/mol. The largest absolute Gasteiger partial charge is 0.378 e. The van der Waals surface area contributed by atoms with Crippen molar-refractivity contribution in [3.8, 4) is 0 Å². The zero-order valence-corrected chi connectivity index (χ0v) is 15.3. The molecule has 2 aliphatic heterocycles. The summed E-state index contributed by atoms with van der Waals surface area (Å²) in [6.45, 7) is 5.96. The maximum absolute atomic E-state index is 11.8. The van der Waals surface area contributed by atoms with E-state index in [-0.39, 0.29) is 5.56 Å². The molecule has 2 fully saturated rings. The topological polar surface area (TPSA) is 99.6 Å². The summed E-state index contributed by atoms with van der Waals surface area (Å²) in [7, 11) is 1.46. The Morgan fingerprint density at radius 3 is 2.00 bits per heavy atom. The predicted molar refractivity (Wildman–Crippen MR) is 102 cm³/mol. The van der Waals surface area contributed by atoms with E-state index in [4.69, 9.17) is 4.74 Å². The van der Waals surface area contributed by atoms with E-state index in [9.17, 15) is 9.59 Å². The minimum atomic E-state index is -0.399. The highest BCUT2D eigenvalue weighted by Crippen LogP contribution is 2.18. The first-order valence-corrected chi connectivity index (χ1v) is 9.08. The van der Waals surface area contributed by atoms with Crippen molar-refractivity contribution in [3.05, 3.63) is 39.0 Å². The number of hydrogen-bond donors (Lipinski definition) is 1. The third-order valence-corrected chi connectivity index (χ3v) is 5.05. The van der Waals surface area contributed by atoms with Crippen molar-refractivity contribution in [2.24, 2.45) is 7.05 Å². The van der Waals surface area contributed by atoms with Crippen molar-refractivity contribution in [1.29, 1.82) is 0 Å². The first-order chi connectivity index (χ1) is 13.1. The van der Waals surface area contributed by atoms with Gasteiger partial charge in [-0.25, -0.2) is 4.79 Å². The molecule has 144 valence electrons. The quantitative estimate of drug-likeness (QED) is 0.734. The van der Waals surface area contributed by atoms with Gasteiger partial charge in [-0.1, -0.05) is 0 Å². The number of aromatic amines is 1. The van der Waals surface area contributed by atoms with Crippen LogP contribution in [0.4, 0.5) is 17.5 Å². The van der Waals surface area contributed by atoms with E-state index in [0.717, 1.165) is 55.6 Å². The highest BCUT2D eigenvalue weighted by atomic mass is 16.5. The second kappa shape index (κ2) is 7.39. The molecular formula is C17H23N7O3. The van der Waals surface area contributed by atoms with Gasteiger partial charge in [0.2, 0.25) is 0 Å². The Labute approximate surface area is 156 Å². The van der Waals surface area contributed by atoms with Crippen LogP contribution in [0.1, 0.15) is 0 Å². The zero-order valence-electron chi connectivity index (χ0n) is 15.3. The first-order valence-electron chi connectivity index (χ1n) is 9.08. The summed E-state index contributed by atoms with van der Waals surface area (Å²) in [4.78, 5) is 32.7. The summed E-state index contributed by atoms with van der Waals surface area (Å²) < 4.78 is 6.42. The van der Waals surface area contributed by atoms with E-state index >= 15 is 0 Å². The average Bonchev–Trinajstić information content (AvgIpc) is 2.72. The maximum Gasteiger partial charge on any atom is 0.329 e. The van der Waals surface area contributed by atoms with Crippen LogP contribution < -0.4 is 25.9 Å². The highest BCUT2D eigenvalue weighted by molar-refractivity contribution is 5.47. The number of hydrogen-bond acceptors (Lipinski definition) is 8. The average molecular weight is 373 g/mol. The molecule has 0 amide bonds. The molecule has 10 heteroatoms. The lowest BCUT2D eigenvalue weighted by atomic mass is 10.3. The molecule has 0 saturated carbocycles. The summed E-state index contributed by atoms with van der Waals surface area (Å²) in [5.41, 5.74) is -0.703. The summed E-state index contributed by atoms with van der Waals surface area (Å²) in [6.07, 6.45) is 0. The van der Waals surface area contributed by atoms with Crippen molar-refractivity contribution in [3.63, 3.8) is 0 Å². The monoisotopic (exact) mass is 373 g/mol. The molecule has 1 N–H and O–H groups in total. The molecule has 0 unspecified atom stereocenters. The van der Waals surface area contributed by atoms with Crippen LogP contribution in [0.3, 0.4) is 0 Å². The van der Waals surface area contributed by atoms with Crippen LogP contribution in [0, 0.1) is 0 Å². The number of aromatic nitrogens is 4. The minimum absolute atomic E-state index is 0.305. The van der Waals surface area contributed by atoms with Gasteiger partial charge in [0, 0.05) is 52.4 Å². The molecule has 2 aromatic rings. The fraction of sp³-hybridized carbons (Fsp3) is 0.529. The van der Waals surface area contributed by atoms with Gasteiger partial charge in [0.15, 0.2) is 11.6 Å². The second-order valence-electron chi connectivity index (χ2n) is 6.68. The lowest BCUT2D eigenvalue weighted by Crippen LogP contribution is -2.48. The Hall–Kier alpha value is -2.88. The van der Waals surface area contributed by atoms with Gasteiger partial charge in [-0.3, -0.25) is 14.3 Å². The molecule has 2 aromatic heterocycles. The molecule has 4 rings (SSSR count). The lowest BCUT2D eigenvalue weighted by molar-refractivity contribution is 0.122. The first kappa shape index (κ1) is 17.5. The predicted octanol–water partition coefficient (Wildman–Crippen LogP) is -0.973. The van der Waals surface area contributed by atoms with Crippen molar-refractivity contribution in [2.75, 3.05) is 67.2 Å². The molecule has 0 spiro atoms. The molecule has 27 heavy (non-hydrogen) atoms. The van der Waals surface area contributed by atoms with Gasteiger partial charge in [0.25, 0.3) is 5.56 Å². The summed E-state index contributed by atoms with van der Waals surface area (Å²) >= 11 is 0. The molecule has 2 saturated heterocycles. The Balaban J connectivity index is 1.40. The van der Waals surface area contributed by atoms with Crippen LogP contribution in [0.2, 0.25) is 0 Å². The van der Waals surface area contributed by atoms with E-state index < -0.39 is 5.69 Å². The van der Waals surface area contributed by atoms with Gasteiger partial charge in [-0.2, -0.15) is 0 Å². The highest BCUT2D eigenvalue weighted by Gasteiger charge is 2.20. The second-order valence-corrected chi connectivity index (χ2v) is 6.68. The van der Waals surface area contributed by atoms with Crippen LogP contribution >= 0.6 is 0 Å². The van der Waals surface area contributed by atoms with Crippen molar-refractivity contribution < 1.29 is 4.74 Å². The van der Waals surface area contributed by atoms with Crippen LogP contribution in [-0.4, -0.2) is 72.2 Å². The van der Waals surface area contributed by atoms with E-state index in [0.29, 0.717) is 18.9 Å². The summed E-state index contributed by atoms with van der Waals surface area (Å²) in [5.74, 6) is 2.28. The van der Waals surface area contributed by atoms with Crippen molar-refractivity contribution in [1.82, 2.24) is 19.7 Å². The van der Waals surface area contributed by atoms with Gasteiger partial charge in [-0.15, -0.1) is 10.2 Å². The van der Waals surface area contributed by atoms with Crippen LogP contribution in [0.5, 0.6) is 0 Å². The van der Waals surface area contributed by atoms with Crippen LogP contribution in [0.25, 0.3) is 0 Å². The van der Waals surface area contributed by atoms with Crippen molar-refractivity contribution >= 4 is 17.5 Å². The SMILES string of the molecule is Cn1c(=O)cc(N2CCN(c3ccc(N4CCOCC4)nn3)CC2)[nH]c1=O. The normalized spacial score (nSPS) is 18.0. The van der Waals surface area contributed by atoms with Crippen molar-refractivity contribution in [2.45, 2.75) is 0 Å². The fourth-order valence-electron chi connectivity index (χ4n) is 3.34. The van der Waals surface area contributed by atoms with E-state index in [1.54, 1.807) is 0 Å². The number of ether oxygens (including phenoxy) is 1. The number of rotatable bonds is 3. The molecule has 10 nitrogen and oxygen atoms in total.